The van der Waals surface area contributed by atoms with Gasteiger partial charge in [0.05, 0.1) is 17.7 Å². The summed E-state index contributed by atoms with van der Waals surface area (Å²) in [7, 11) is 1.06. The van der Waals surface area contributed by atoms with Crippen molar-refractivity contribution in [2.24, 2.45) is 0 Å². The largest absolute Gasteiger partial charge is 0.513 e. The Morgan fingerprint density at radius 2 is 1.89 bits per heavy atom. The van der Waals surface area contributed by atoms with E-state index in [4.69, 9.17) is 21.1 Å². The predicted octanol–water partition coefficient (Wildman–Crippen LogP) is 5.95. The molecular formula is C19H18ClF3O4. The van der Waals surface area contributed by atoms with Crippen molar-refractivity contribution >= 4 is 17.8 Å². The number of hydrogen-bond donors (Lipinski definition) is 0. The maximum atomic E-state index is 13.4. The summed E-state index contributed by atoms with van der Waals surface area (Å²) in [6, 6.07) is 6.64. The minimum Gasteiger partial charge on any atom is -0.487 e. The maximum absolute atomic E-state index is 13.4. The van der Waals surface area contributed by atoms with Gasteiger partial charge in [-0.3, -0.25) is 0 Å². The summed E-state index contributed by atoms with van der Waals surface area (Å²) >= 11 is 6.17. The Balaban J connectivity index is 2.39. The van der Waals surface area contributed by atoms with Gasteiger partial charge in [0.2, 0.25) is 0 Å². The number of alkyl halides is 3. The second-order valence-corrected chi connectivity index (χ2v) is 6.09. The predicted molar refractivity (Wildman–Crippen MR) is 94.4 cm³/mol. The summed E-state index contributed by atoms with van der Waals surface area (Å²) in [5.74, 6) is -0.0536. The molecule has 0 bridgehead atoms. The standard InChI is InChI=1S/C19H18ClF3O4/c1-4-12-9-15(20)17(8-11(12)2)26-10-13-14(19(21,22)23)6-5-7-16(13)27-18(24)25-3/h5-9H,4,10H2,1-3H3. The van der Waals surface area contributed by atoms with Crippen molar-refractivity contribution in [3.63, 3.8) is 0 Å². The molecule has 2 aromatic rings. The van der Waals surface area contributed by atoms with Crippen molar-refractivity contribution in [3.05, 3.63) is 57.6 Å². The first-order valence-corrected chi connectivity index (χ1v) is 8.41. The molecule has 0 unspecified atom stereocenters. The number of rotatable bonds is 5. The van der Waals surface area contributed by atoms with E-state index in [9.17, 15) is 18.0 Å². The molecule has 0 radical (unpaired) electrons. The van der Waals surface area contributed by atoms with Crippen molar-refractivity contribution in [1.82, 2.24) is 0 Å². The summed E-state index contributed by atoms with van der Waals surface area (Å²) in [5.41, 5.74) is 0.621. The molecule has 0 amide bonds. The van der Waals surface area contributed by atoms with Crippen LogP contribution in [0.15, 0.2) is 30.3 Å². The normalized spacial score (nSPS) is 11.2. The fraction of sp³-hybridized carbons (Fsp3) is 0.316. The molecule has 0 N–H and O–H groups in total. The van der Waals surface area contributed by atoms with Crippen molar-refractivity contribution in [2.75, 3.05) is 7.11 Å². The van der Waals surface area contributed by atoms with Crippen LogP contribution in [0.1, 0.15) is 29.2 Å². The summed E-state index contributed by atoms with van der Waals surface area (Å²) in [4.78, 5) is 11.4. The van der Waals surface area contributed by atoms with Gasteiger partial charge in [-0.05, 0) is 48.7 Å². The average Bonchev–Trinajstić information content (AvgIpc) is 2.61. The number of methoxy groups -OCH3 is 1. The van der Waals surface area contributed by atoms with Gasteiger partial charge in [-0.2, -0.15) is 13.2 Å². The van der Waals surface area contributed by atoms with Gasteiger partial charge in [-0.25, -0.2) is 4.79 Å². The van der Waals surface area contributed by atoms with Crippen LogP contribution in [0.4, 0.5) is 18.0 Å². The number of halogens is 4. The average molecular weight is 403 g/mol. The monoisotopic (exact) mass is 402 g/mol. The zero-order chi connectivity index (χ0) is 20.2. The Kier molecular flexibility index (Phi) is 6.59. The number of carbonyl (C=O) groups is 1. The lowest BCUT2D eigenvalue weighted by Crippen LogP contribution is -2.15. The van der Waals surface area contributed by atoms with Crippen LogP contribution in [-0.2, 0) is 23.9 Å². The maximum Gasteiger partial charge on any atom is 0.513 e. The summed E-state index contributed by atoms with van der Waals surface area (Å²) in [6.45, 7) is 3.33. The molecule has 27 heavy (non-hydrogen) atoms. The minimum absolute atomic E-state index is 0.243. The second-order valence-electron chi connectivity index (χ2n) is 5.69. The van der Waals surface area contributed by atoms with Gasteiger partial charge in [0.25, 0.3) is 0 Å². The van der Waals surface area contributed by atoms with E-state index in [1.807, 2.05) is 13.8 Å². The first-order chi connectivity index (χ1) is 12.7. The van der Waals surface area contributed by atoms with Crippen molar-refractivity contribution in [3.8, 4) is 11.5 Å². The zero-order valence-electron chi connectivity index (χ0n) is 14.9. The molecule has 0 atom stereocenters. The van der Waals surface area contributed by atoms with Crippen LogP contribution in [0.5, 0.6) is 11.5 Å². The van der Waals surface area contributed by atoms with Gasteiger partial charge in [0.15, 0.2) is 0 Å². The first-order valence-electron chi connectivity index (χ1n) is 8.04. The Bertz CT molecular complexity index is 834. The van der Waals surface area contributed by atoms with Gasteiger partial charge >= 0.3 is 12.3 Å². The molecular weight excluding hydrogens is 385 g/mol. The van der Waals surface area contributed by atoms with Crippen LogP contribution in [0, 0.1) is 6.92 Å². The highest BCUT2D eigenvalue weighted by atomic mass is 35.5. The molecule has 2 rings (SSSR count). The second kappa shape index (κ2) is 8.52. The van der Waals surface area contributed by atoms with E-state index in [1.165, 1.54) is 6.07 Å². The van der Waals surface area contributed by atoms with E-state index < -0.39 is 24.5 Å². The smallest absolute Gasteiger partial charge is 0.487 e. The van der Waals surface area contributed by atoms with Gasteiger partial charge in [-0.15, -0.1) is 0 Å². The van der Waals surface area contributed by atoms with Gasteiger partial charge in [0, 0.05) is 5.56 Å². The third-order valence-corrected chi connectivity index (χ3v) is 4.24. The van der Waals surface area contributed by atoms with Gasteiger partial charge in [0.1, 0.15) is 18.1 Å². The Morgan fingerprint density at radius 3 is 2.48 bits per heavy atom. The number of carbonyl (C=O) groups excluding carboxylic acids is 1. The SMILES string of the molecule is CCc1cc(Cl)c(OCc2c(OC(=O)OC)cccc2C(F)(F)F)cc1C. The van der Waals surface area contributed by atoms with Crippen molar-refractivity contribution in [1.29, 1.82) is 0 Å². The number of aryl methyl sites for hydroxylation is 2. The molecule has 0 saturated heterocycles. The lowest BCUT2D eigenvalue weighted by atomic mass is 10.1. The molecule has 4 nitrogen and oxygen atoms in total. The van der Waals surface area contributed by atoms with Crippen LogP contribution in [0.2, 0.25) is 5.02 Å². The molecule has 0 aliphatic rings. The number of ether oxygens (including phenoxy) is 3. The van der Waals surface area contributed by atoms with E-state index in [0.717, 1.165) is 36.8 Å². The molecule has 0 aromatic heterocycles. The molecule has 0 fully saturated rings. The fourth-order valence-electron chi connectivity index (χ4n) is 2.54. The minimum atomic E-state index is -4.65. The number of hydrogen-bond acceptors (Lipinski definition) is 4. The number of benzene rings is 2. The summed E-state index contributed by atoms with van der Waals surface area (Å²) < 4.78 is 54.8. The van der Waals surface area contributed by atoms with Crippen LogP contribution >= 0.6 is 11.6 Å². The highest BCUT2D eigenvalue weighted by molar-refractivity contribution is 6.32. The third-order valence-electron chi connectivity index (χ3n) is 3.94. The van der Waals surface area contributed by atoms with E-state index in [0.29, 0.717) is 0 Å². The molecule has 146 valence electrons. The highest BCUT2D eigenvalue weighted by Gasteiger charge is 2.35. The van der Waals surface area contributed by atoms with E-state index in [2.05, 4.69) is 4.74 Å². The molecule has 0 saturated carbocycles. The van der Waals surface area contributed by atoms with Gasteiger partial charge < -0.3 is 14.2 Å². The summed E-state index contributed by atoms with van der Waals surface area (Å²) in [6.07, 6.45) is -5.02. The first kappa shape index (κ1) is 20.9. The quantitative estimate of drug-likeness (QED) is 0.457. The van der Waals surface area contributed by atoms with E-state index in [-0.39, 0.29) is 22.1 Å². The Labute approximate surface area is 159 Å². The van der Waals surface area contributed by atoms with Gasteiger partial charge in [-0.1, -0.05) is 24.6 Å². The van der Waals surface area contributed by atoms with Crippen LogP contribution in [-0.4, -0.2) is 13.3 Å². The molecule has 0 spiro atoms. The van der Waals surface area contributed by atoms with E-state index in [1.54, 1.807) is 12.1 Å². The molecule has 2 aromatic carbocycles. The third kappa shape index (κ3) is 5.07. The fourth-order valence-corrected chi connectivity index (χ4v) is 2.79. The van der Waals surface area contributed by atoms with Crippen molar-refractivity contribution in [2.45, 2.75) is 33.1 Å². The Morgan fingerprint density at radius 1 is 1.19 bits per heavy atom. The molecule has 0 aliphatic carbocycles. The molecule has 0 aliphatic heterocycles. The summed E-state index contributed by atoms with van der Waals surface area (Å²) in [5, 5.41) is 0.289. The van der Waals surface area contributed by atoms with Crippen molar-refractivity contribution < 1.29 is 32.2 Å². The van der Waals surface area contributed by atoms with E-state index >= 15 is 0 Å². The Hall–Kier alpha value is -2.41. The lowest BCUT2D eigenvalue weighted by Gasteiger charge is -2.18. The molecule has 8 heteroatoms. The van der Waals surface area contributed by atoms with Crippen LogP contribution in [0.25, 0.3) is 0 Å². The zero-order valence-corrected chi connectivity index (χ0v) is 15.7. The molecule has 0 heterocycles. The van der Waals surface area contributed by atoms with Crippen LogP contribution in [0.3, 0.4) is 0 Å². The highest BCUT2D eigenvalue weighted by Crippen LogP contribution is 2.37. The topological polar surface area (TPSA) is 44.8 Å². The van der Waals surface area contributed by atoms with Crippen LogP contribution < -0.4 is 9.47 Å². The lowest BCUT2D eigenvalue weighted by molar-refractivity contribution is -0.138.